The highest BCUT2D eigenvalue weighted by Gasteiger charge is 2.30. The fourth-order valence-electron chi connectivity index (χ4n) is 3.22. The second-order valence-corrected chi connectivity index (χ2v) is 7.32. The van der Waals surface area contributed by atoms with E-state index in [0.29, 0.717) is 30.1 Å². The number of carbonyl (C=O) groups excluding carboxylic acids is 1. The van der Waals surface area contributed by atoms with Gasteiger partial charge in [0.15, 0.2) is 6.61 Å². The number of ether oxygens (including phenoxy) is 2. The van der Waals surface area contributed by atoms with Crippen LogP contribution in [0.4, 0.5) is 5.82 Å². The first-order chi connectivity index (χ1) is 14.2. The van der Waals surface area contributed by atoms with Gasteiger partial charge in [-0.05, 0) is 55.5 Å². The number of benzene rings is 2. The Hall–Kier alpha value is -3.28. The molecule has 6 heteroatoms. The van der Waals surface area contributed by atoms with Gasteiger partial charge in [-0.3, -0.25) is 4.79 Å². The van der Waals surface area contributed by atoms with Crippen LogP contribution in [0.5, 0.6) is 11.5 Å². The van der Waals surface area contributed by atoms with Gasteiger partial charge in [0.05, 0.1) is 12.2 Å². The molecule has 0 saturated heterocycles. The maximum absolute atomic E-state index is 12.3. The Kier molecular flexibility index (Phi) is 5.79. The predicted molar refractivity (Wildman–Crippen MR) is 111 cm³/mol. The number of anilines is 1. The third kappa shape index (κ3) is 5.16. The molecule has 4 rings (SSSR count). The summed E-state index contributed by atoms with van der Waals surface area (Å²) in [4.78, 5) is 12.3. The van der Waals surface area contributed by atoms with Crippen LogP contribution in [0.1, 0.15) is 31.4 Å². The second kappa shape index (κ2) is 8.82. The zero-order chi connectivity index (χ0) is 20.1. The summed E-state index contributed by atoms with van der Waals surface area (Å²) in [5.41, 5.74) is 1.11. The number of nitrogens with one attached hydrogen (secondary N) is 1. The van der Waals surface area contributed by atoms with Gasteiger partial charge in [0, 0.05) is 6.07 Å². The quantitative estimate of drug-likeness (QED) is 0.585. The number of carbonyl (C=O) groups is 1. The fourth-order valence-corrected chi connectivity index (χ4v) is 3.22. The molecule has 1 N–H and O–H groups in total. The molecule has 1 unspecified atom stereocenters. The SMILES string of the molecule is CC(C1CC1)n1nccc1NC(=O)COc1ccc(OCc2ccccc2)cc1. The first-order valence-corrected chi connectivity index (χ1v) is 9.92. The smallest absolute Gasteiger partial charge is 0.263 e. The highest BCUT2D eigenvalue weighted by molar-refractivity contribution is 5.91. The lowest BCUT2D eigenvalue weighted by Gasteiger charge is -2.15. The van der Waals surface area contributed by atoms with Crippen molar-refractivity contribution >= 4 is 11.7 Å². The summed E-state index contributed by atoms with van der Waals surface area (Å²) < 4.78 is 13.2. The third-order valence-corrected chi connectivity index (χ3v) is 5.07. The van der Waals surface area contributed by atoms with E-state index in [9.17, 15) is 4.79 Å². The van der Waals surface area contributed by atoms with Gasteiger partial charge in [-0.1, -0.05) is 30.3 Å². The van der Waals surface area contributed by atoms with E-state index in [-0.39, 0.29) is 12.5 Å². The topological polar surface area (TPSA) is 65.4 Å². The van der Waals surface area contributed by atoms with Crippen LogP contribution >= 0.6 is 0 Å². The van der Waals surface area contributed by atoms with Crippen LogP contribution in [-0.4, -0.2) is 22.3 Å². The molecule has 2 aromatic carbocycles. The Balaban J connectivity index is 1.25. The molecular weight excluding hydrogens is 366 g/mol. The van der Waals surface area contributed by atoms with Gasteiger partial charge in [0.25, 0.3) is 5.91 Å². The van der Waals surface area contributed by atoms with Crippen molar-refractivity contribution in [2.75, 3.05) is 11.9 Å². The van der Waals surface area contributed by atoms with E-state index in [1.165, 1.54) is 12.8 Å². The zero-order valence-electron chi connectivity index (χ0n) is 16.5. The largest absolute Gasteiger partial charge is 0.489 e. The predicted octanol–water partition coefficient (Wildman–Crippen LogP) is 4.45. The number of hydrogen-bond acceptors (Lipinski definition) is 4. The Bertz CT molecular complexity index is 934. The summed E-state index contributed by atoms with van der Waals surface area (Å²) >= 11 is 0. The fraction of sp³-hybridized carbons (Fsp3) is 0.304. The molecule has 0 radical (unpaired) electrons. The molecule has 1 heterocycles. The maximum atomic E-state index is 12.3. The molecule has 0 bridgehead atoms. The molecule has 29 heavy (non-hydrogen) atoms. The van der Waals surface area contributed by atoms with E-state index in [1.54, 1.807) is 18.3 Å². The van der Waals surface area contributed by atoms with Crippen LogP contribution in [-0.2, 0) is 11.4 Å². The van der Waals surface area contributed by atoms with Gasteiger partial charge in [0.2, 0.25) is 0 Å². The van der Waals surface area contributed by atoms with Crippen LogP contribution in [0.15, 0.2) is 66.9 Å². The minimum absolute atomic E-state index is 0.0623. The maximum Gasteiger partial charge on any atom is 0.263 e. The summed E-state index contributed by atoms with van der Waals surface area (Å²) in [5, 5.41) is 7.23. The van der Waals surface area contributed by atoms with Gasteiger partial charge >= 0.3 is 0 Å². The third-order valence-electron chi connectivity index (χ3n) is 5.07. The number of rotatable bonds is 9. The van der Waals surface area contributed by atoms with Crippen molar-refractivity contribution in [2.24, 2.45) is 5.92 Å². The van der Waals surface area contributed by atoms with Crippen molar-refractivity contribution < 1.29 is 14.3 Å². The van der Waals surface area contributed by atoms with Gasteiger partial charge in [-0.2, -0.15) is 5.10 Å². The van der Waals surface area contributed by atoms with Crippen LogP contribution in [0.3, 0.4) is 0 Å². The molecular formula is C23H25N3O3. The van der Waals surface area contributed by atoms with Crippen LogP contribution < -0.4 is 14.8 Å². The first kappa shape index (κ1) is 19.1. The molecule has 1 amide bonds. The number of amides is 1. The Morgan fingerprint density at radius 3 is 2.45 bits per heavy atom. The lowest BCUT2D eigenvalue weighted by atomic mass is 10.2. The standard InChI is InChI=1S/C23H25N3O3/c1-17(19-7-8-19)26-22(13-14-24-26)25-23(27)16-29-21-11-9-20(10-12-21)28-15-18-5-3-2-4-6-18/h2-6,9-14,17,19H,7-8,15-16H2,1H3,(H,25,27). The van der Waals surface area contributed by atoms with Crippen LogP contribution in [0.2, 0.25) is 0 Å². The van der Waals surface area contributed by atoms with Crippen molar-refractivity contribution in [3.63, 3.8) is 0 Å². The molecule has 1 atom stereocenters. The van der Waals surface area contributed by atoms with Crippen molar-refractivity contribution in [1.82, 2.24) is 9.78 Å². The first-order valence-electron chi connectivity index (χ1n) is 9.92. The Morgan fingerprint density at radius 1 is 1.07 bits per heavy atom. The van der Waals surface area contributed by atoms with Crippen LogP contribution in [0.25, 0.3) is 0 Å². The number of aromatic nitrogens is 2. The van der Waals surface area contributed by atoms with Crippen LogP contribution in [0, 0.1) is 5.92 Å². The van der Waals surface area contributed by atoms with Gasteiger partial charge in [0.1, 0.15) is 23.9 Å². The normalized spacial score (nSPS) is 14.2. The summed E-state index contributed by atoms with van der Waals surface area (Å²) in [6, 6.07) is 19.4. The van der Waals surface area contributed by atoms with Crippen molar-refractivity contribution in [1.29, 1.82) is 0 Å². The van der Waals surface area contributed by atoms with Crippen molar-refractivity contribution in [2.45, 2.75) is 32.4 Å². The van der Waals surface area contributed by atoms with E-state index in [2.05, 4.69) is 17.3 Å². The van der Waals surface area contributed by atoms with Gasteiger partial charge < -0.3 is 14.8 Å². The summed E-state index contributed by atoms with van der Waals surface area (Å²) in [7, 11) is 0. The van der Waals surface area contributed by atoms with E-state index >= 15 is 0 Å². The molecule has 1 saturated carbocycles. The summed E-state index contributed by atoms with van der Waals surface area (Å²) in [6.45, 7) is 2.59. The number of nitrogens with zero attached hydrogens (tertiary/aromatic N) is 2. The van der Waals surface area contributed by atoms with E-state index in [1.807, 2.05) is 53.2 Å². The highest BCUT2D eigenvalue weighted by Crippen LogP contribution is 2.40. The van der Waals surface area contributed by atoms with E-state index in [0.717, 1.165) is 11.3 Å². The Morgan fingerprint density at radius 2 is 1.76 bits per heavy atom. The monoisotopic (exact) mass is 391 g/mol. The Labute approximate surface area is 170 Å². The molecule has 0 aliphatic heterocycles. The molecule has 1 aliphatic carbocycles. The van der Waals surface area contributed by atoms with Crippen molar-refractivity contribution in [3.8, 4) is 11.5 Å². The average molecular weight is 391 g/mol. The zero-order valence-corrected chi connectivity index (χ0v) is 16.5. The molecule has 3 aromatic rings. The molecule has 150 valence electrons. The summed E-state index contributed by atoms with van der Waals surface area (Å²) in [6.07, 6.45) is 4.16. The molecule has 6 nitrogen and oxygen atoms in total. The minimum atomic E-state index is -0.209. The lowest BCUT2D eigenvalue weighted by Crippen LogP contribution is -2.23. The average Bonchev–Trinajstić information content (AvgIpc) is 3.51. The van der Waals surface area contributed by atoms with Crippen molar-refractivity contribution in [3.05, 3.63) is 72.4 Å². The van der Waals surface area contributed by atoms with E-state index < -0.39 is 0 Å². The highest BCUT2D eigenvalue weighted by atomic mass is 16.5. The summed E-state index contributed by atoms with van der Waals surface area (Å²) in [5.74, 6) is 2.53. The minimum Gasteiger partial charge on any atom is -0.489 e. The lowest BCUT2D eigenvalue weighted by molar-refractivity contribution is -0.118. The van der Waals surface area contributed by atoms with Gasteiger partial charge in [-0.25, -0.2) is 4.68 Å². The van der Waals surface area contributed by atoms with Gasteiger partial charge in [-0.15, -0.1) is 0 Å². The number of hydrogen-bond donors (Lipinski definition) is 1. The molecule has 1 aliphatic rings. The molecule has 1 fully saturated rings. The van der Waals surface area contributed by atoms with E-state index in [4.69, 9.17) is 9.47 Å². The second-order valence-electron chi connectivity index (χ2n) is 7.32. The molecule has 1 aromatic heterocycles. The molecule has 0 spiro atoms.